The summed E-state index contributed by atoms with van der Waals surface area (Å²) in [6, 6.07) is 15.3. The molecule has 3 aromatic rings. The van der Waals surface area contributed by atoms with Crippen LogP contribution < -0.4 is 9.47 Å². The van der Waals surface area contributed by atoms with Crippen LogP contribution in [0, 0.1) is 13.8 Å². The number of ether oxygens (including phenoxy) is 2. The minimum atomic E-state index is -0.119. The van der Waals surface area contributed by atoms with Gasteiger partial charge in [0.15, 0.2) is 23.9 Å². The number of ketones is 2. The summed E-state index contributed by atoms with van der Waals surface area (Å²) in [5, 5.41) is 0. The van der Waals surface area contributed by atoms with Crippen molar-refractivity contribution in [3.63, 3.8) is 0 Å². The highest BCUT2D eigenvalue weighted by molar-refractivity contribution is 5.99. The molecule has 31 heavy (non-hydrogen) atoms. The van der Waals surface area contributed by atoms with Crippen LogP contribution in [0.25, 0.3) is 5.69 Å². The van der Waals surface area contributed by atoms with Crippen molar-refractivity contribution in [2.24, 2.45) is 0 Å². The molecule has 162 valence electrons. The number of Topliss-reactive ketones (excluding diaryl/α,β-unsaturated/α-hetero) is 2. The van der Waals surface area contributed by atoms with Crippen molar-refractivity contribution in [3.8, 4) is 17.2 Å². The second-order valence-corrected chi connectivity index (χ2v) is 8.00. The predicted octanol–water partition coefficient (Wildman–Crippen LogP) is 5.69. The van der Waals surface area contributed by atoms with E-state index in [1.807, 2.05) is 19.9 Å². The van der Waals surface area contributed by atoms with Gasteiger partial charge in [-0.15, -0.1) is 0 Å². The number of benzene rings is 2. The summed E-state index contributed by atoms with van der Waals surface area (Å²) in [6.07, 6.45) is 0. The van der Waals surface area contributed by atoms with Gasteiger partial charge in [-0.05, 0) is 68.7 Å². The Kier molecular flexibility index (Phi) is 6.64. The number of hydrogen-bond donors (Lipinski definition) is 0. The van der Waals surface area contributed by atoms with Gasteiger partial charge in [0, 0.05) is 28.2 Å². The molecule has 0 aliphatic rings. The standard InChI is InChI=1S/C26H29NO4/c1-16(2)20-7-10-22(11-8-20)27-17(3)13-23(18(27)4)24(29)15-31-25-12-9-21(19(5)28)14-26(25)30-6/h7-14,16H,15H2,1-6H3. The Labute approximate surface area is 183 Å². The summed E-state index contributed by atoms with van der Waals surface area (Å²) in [4.78, 5) is 24.5. The molecule has 5 nitrogen and oxygen atoms in total. The molecule has 0 atom stereocenters. The van der Waals surface area contributed by atoms with E-state index >= 15 is 0 Å². The molecule has 1 aromatic heterocycles. The van der Waals surface area contributed by atoms with Crippen LogP contribution in [0.3, 0.4) is 0 Å². The highest BCUT2D eigenvalue weighted by atomic mass is 16.5. The van der Waals surface area contributed by atoms with Crippen LogP contribution >= 0.6 is 0 Å². The zero-order chi connectivity index (χ0) is 22.7. The van der Waals surface area contributed by atoms with Gasteiger partial charge in [-0.3, -0.25) is 9.59 Å². The quantitative estimate of drug-likeness (QED) is 0.440. The average Bonchev–Trinajstić information content (AvgIpc) is 3.05. The molecule has 0 aliphatic heterocycles. The van der Waals surface area contributed by atoms with Crippen LogP contribution in [-0.2, 0) is 0 Å². The average molecular weight is 420 g/mol. The molecule has 0 saturated heterocycles. The minimum Gasteiger partial charge on any atom is -0.493 e. The van der Waals surface area contributed by atoms with Crippen molar-refractivity contribution in [1.29, 1.82) is 0 Å². The van der Waals surface area contributed by atoms with Gasteiger partial charge >= 0.3 is 0 Å². The molecule has 0 radical (unpaired) electrons. The first-order valence-corrected chi connectivity index (χ1v) is 10.4. The number of nitrogens with zero attached hydrogens (tertiary/aromatic N) is 1. The van der Waals surface area contributed by atoms with E-state index in [-0.39, 0.29) is 18.2 Å². The van der Waals surface area contributed by atoms with E-state index in [1.54, 1.807) is 18.2 Å². The summed E-state index contributed by atoms with van der Waals surface area (Å²) in [5.41, 5.74) is 5.33. The van der Waals surface area contributed by atoms with Crippen molar-refractivity contribution in [2.45, 2.75) is 40.5 Å². The summed E-state index contributed by atoms with van der Waals surface area (Å²) in [5.74, 6) is 1.15. The van der Waals surface area contributed by atoms with Gasteiger partial charge in [-0.1, -0.05) is 26.0 Å². The van der Waals surface area contributed by atoms with E-state index < -0.39 is 0 Å². The third-order valence-electron chi connectivity index (χ3n) is 5.48. The van der Waals surface area contributed by atoms with E-state index in [1.165, 1.54) is 19.6 Å². The second kappa shape index (κ2) is 9.21. The number of hydrogen-bond acceptors (Lipinski definition) is 4. The van der Waals surface area contributed by atoms with Crippen molar-refractivity contribution in [3.05, 3.63) is 76.6 Å². The molecule has 1 heterocycles. The third kappa shape index (κ3) is 4.71. The summed E-state index contributed by atoms with van der Waals surface area (Å²) in [7, 11) is 1.51. The zero-order valence-corrected chi connectivity index (χ0v) is 19.0. The largest absolute Gasteiger partial charge is 0.493 e. The Morgan fingerprint density at radius 1 is 0.968 bits per heavy atom. The normalized spacial score (nSPS) is 10.9. The molecule has 0 aliphatic carbocycles. The highest BCUT2D eigenvalue weighted by Crippen LogP contribution is 2.29. The number of methoxy groups -OCH3 is 1. The lowest BCUT2D eigenvalue weighted by Crippen LogP contribution is -2.13. The molecular weight excluding hydrogens is 390 g/mol. The van der Waals surface area contributed by atoms with Gasteiger partial charge in [0.25, 0.3) is 0 Å². The molecule has 0 amide bonds. The van der Waals surface area contributed by atoms with Gasteiger partial charge in [0.2, 0.25) is 5.78 Å². The fourth-order valence-electron chi connectivity index (χ4n) is 3.68. The van der Waals surface area contributed by atoms with Crippen LogP contribution in [0.15, 0.2) is 48.5 Å². The van der Waals surface area contributed by atoms with E-state index in [0.717, 1.165) is 17.1 Å². The number of aryl methyl sites for hydroxylation is 1. The second-order valence-electron chi connectivity index (χ2n) is 8.00. The topological polar surface area (TPSA) is 57.5 Å². The number of rotatable bonds is 8. The lowest BCUT2D eigenvalue weighted by molar-refractivity contribution is 0.0917. The van der Waals surface area contributed by atoms with Crippen molar-refractivity contribution < 1.29 is 19.1 Å². The van der Waals surface area contributed by atoms with Gasteiger partial charge < -0.3 is 14.0 Å². The first-order chi connectivity index (χ1) is 14.7. The molecule has 2 aromatic carbocycles. The van der Waals surface area contributed by atoms with Crippen molar-refractivity contribution in [2.75, 3.05) is 13.7 Å². The Morgan fingerprint density at radius 3 is 2.23 bits per heavy atom. The third-order valence-corrected chi connectivity index (χ3v) is 5.48. The molecule has 3 rings (SSSR count). The molecule has 0 bridgehead atoms. The van der Waals surface area contributed by atoms with Crippen molar-refractivity contribution in [1.82, 2.24) is 4.57 Å². The monoisotopic (exact) mass is 419 g/mol. The minimum absolute atomic E-state index is 0.0604. The van der Waals surface area contributed by atoms with Gasteiger partial charge in [-0.2, -0.15) is 0 Å². The summed E-state index contributed by atoms with van der Waals surface area (Å²) < 4.78 is 13.1. The fraction of sp³-hybridized carbons (Fsp3) is 0.308. The SMILES string of the molecule is COc1cc(C(C)=O)ccc1OCC(=O)c1cc(C)n(-c2ccc(C(C)C)cc2)c1C. The van der Waals surface area contributed by atoms with Crippen LogP contribution in [0.4, 0.5) is 0 Å². The maximum atomic E-state index is 12.9. The van der Waals surface area contributed by atoms with Crippen LogP contribution in [0.1, 0.15) is 64.4 Å². The molecule has 0 fully saturated rings. The van der Waals surface area contributed by atoms with Gasteiger partial charge in [-0.25, -0.2) is 0 Å². The summed E-state index contributed by atoms with van der Waals surface area (Å²) in [6.45, 7) is 9.64. The van der Waals surface area contributed by atoms with Crippen molar-refractivity contribution >= 4 is 11.6 Å². The maximum Gasteiger partial charge on any atom is 0.202 e. The highest BCUT2D eigenvalue weighted by Gasteiger charge is 2.18. The van der Waals surface area contributed by atoms with E-state index in [9.17, 15) is 9.59 Å². The summed E-state index contributed by atoms with van der Waals surface area (Å²) >= 11 is 0. The zero-order valence-electron chi connectivity index (χ0n) is 19.0. The molecule has 0 N–H and O–H groups in total. The lowest BCUT2D eigenvalue weighted by Gasteiger charge is -2.13. The Morgan fingerprint density at radius 2 is 1.65 bits per heavy atom. The Balaban J connectivity index is 1.80. The molecule has 0 saturated carbocycles. The number of carbonyl (C=O) groups is 2. The van der Waals surface area contributed by atoms with E-state index in [2.05, 4.69) is 42.7 Å². The smallest absolute Gasteiger partial charge is 0.202 e. The Bertz CT molecular complexity index is 1110. The Hall–Kier alpha value is -3.34. The fourth-order valence-corrected chi connectivity index (χ4v) is 3.68. The first-order valence-electron chi connectivity index (χ1n) is 10.4. The molecular formula is C26H29NO4. The molecule has 0 unspecified atom stereocenters. The lowest BCUT2D eigenvalue weighted by atomic mass is 10.0. The van der Waals surface area contributed by atoms with Crippen LogP contribution in [0.5, 0.6) is 11.5 Å². The van der Waals surface area contributed by atoms with E-state index in [0.29, 0.717) is 28.5 Å². The maximum absolute atomic E-state index is 12.9. The molecule has 5 heteroatoms. The predicted molar refractivity (Wildman–Crippen MR) is 122 cm³/mol. The van der Waals surface area contributed by atoms with E-state index in [4.69, 9.17) is 9.47 Å². The van der Waals surface area contributed by atoms with Crippen LogP contribution in [0.2, 0.25) is 0 Å². The molecule has 0 spiro atoms. The number of carbonyl (C=O) groups excluding carboxylic acids is 2. The van der Waals surface area contributed by atoms with Crippen LogP contribution in [-0.4, -0.2) is 29.9 Å². The van der Waals surface area contributed by atoms with Gasteiger partial charge in [0.05, 0.1) is 7.11 Å². The number of aromatic nitrogens is 1. The first kappa shape index (κ1) is 22.3. The van der Waals surface area contributed by atoms with Gasteiger partial charge in [0.1, 0.15) is 0 Å².